The Kier molecular flexibility index (Phi) is 2.64. The number of aromatic nitrogens is 2. The van der Waals surface area contributed by atoms with Gasteiger partial charge in [-0.2, -0.15) is 0 Å². The van der Waals surface area contributed by atoms with E-state index in [2.05, 4.69) is 9.97 Å². The fourth-order valence-corrected chi connectivity index (χ4v) is 2.15. The Morgan fingerprint density at radius 1 is 1.16 bits per heavy atom. The van der Waals surface area contributed by atoms with Crippen LogP contribution in [0, 0.1) is 11.6 Å². The van der Waals surface area contributed by atoms with Gasteiger partial charge in [-0.3, -0.25) is 0 Å². The van der Waals surface area contributed by atoms with Gasteiger partial charge in [0, 0.05) is 16.3 Å². The van der Waals surface area contributed by atoms with Crippen molar-refractivity contribution in [3.63, 3.8) is 0 Å². The smallest absolute Gasteiger partial charge is 0.186 e. The molecule has 0 aliphatic rings. The lowest BCUT2D eigenvalue weighted by Gasteiger charge is -2.00. The molecule has 0 unspecified atom stereocenters. The van der Waals surface area contributed by atoms with Crippen molar-refractivity contribution in [3.05, 3.63) is 47.0 Å². The van der Waals surface area contributed by atoms with Crippen molar-refractivity contribution in [2.24, 2.45) is 0 Å². The largest absolute Gasteiger partial charge is 0.399 e. The second-order valence-electron chi connectivity index (χ2n) is 4.12. The van der Waals surface area contributed by atoms with Crippen LogP contribution in [0.3, 0.4) is 0 Å². The Morgan fingerprint density at radius 2 is 1.95 bits per heavy atom. The lowest BCUT2D eigenvalue weighted by molar-refractivity contribution is 0.515. The maximum Gasteiger partial charge on any atom is 0.186 e. The van der Waals surface area contributed by atoms with Crippen molar-refractivity contribution in [2.45, 2.75) is 0 Å². The summed E-state index contributed by atoms with van der Waals surface area (Å²) in [5, 5.41) is 0.446. The van der Waals surface area contributed by atoms with Crippen LogP contribution < -0.4 is 5.73 Å². The number of hydrogen-bond acceptors (Lipinski definition) is 2. The molecule has 1 heterocycles. The van der Waals surface area contributed by atoms with Crippen molar-refractivity contribution in [3.8, 4) is 11.4 Å². The van der Waals surface area contributed by atoms with Gasteiger partial charge in [0.2, 0.25) is 0 Å². The minimum Gasteiger partial charge on any atom is -0.399 e. The molecule has 3 nitrogen and oxygen atoms in total. The minimum absolute atomic E-state index is 0.0476. The number of H-pyrrole nitrogens is 1. The number of anilines is 1. The highest BCUT2D eigenvalue weighted by atomic mass is 35.5. The van der Waals surface area contributed by atoms with Gasteiger partial charge in [0.25, 0.3) is 0 Å². The standard InChI is InChI=1S/C13H8ClF2N3/c14-7-3-6(4-8(17)5-7)13-18-10-2-1-9(15)11(16)12(10)19-13/h1-5H,17H2,(H,18,19). The highest BCUT2D eigenvalue weighted by Crippen LogP contribution is 2.27. The van der Waals surface area contributed by atoms with Gasteiger partial charge in [-0.1, -0.05) is 11.6 Å². The van der Waals surface area contributed by atoms with Crippen LogP contribution in [0.15, 0.2) is 30.3 Å². The number of rotatable bonds is 1. The lowest BCUT2D eigenvalue weighted by atomic mass is 10.2. The zero-order chi connectivity index (χ0) is 13.6. The van der Waals surface area contributed by atoms with Crippen LogP contribution >= 0.6 is 11.6 Å². The summed E-state index contributed by atoms with van der Waals surface area (Å²) in [4.78, 5) is 6.94. The molecule has 6 heteroatoms. The van der Waals surface area contributed by atoms with E-state index in [-0.39, 0.29) is 5.52 Å². The van der Waals surface area contributed by atoms with E-state index in [1.807, 2.05) is 0 Å². The van der Waals surface area contributed by atoms with Crippen LogP contribution in [0.4, 0.5) is 14.5 Å². The third kappa shape index (κ3) is 2.02. The topological polar surface area (TPSA) is 54.7 Å². The molecule has 0 saturated carbocycles. The molecule has 3 rings (SSSR count). The first kappa shape index (κ1) is 11.9. The molecule has 0 spiro atoms. The lowest BCUT2D eigenvalue weighted by Crippen LogP contribution is -1.87. The fraction of sp³-hybridized carbons (Fsp3) is 0. The van der Waals surface area contributed by atoms with Gasteiger partial charge in [0.1, 0.15) is 11.3 Å². The van der Waals surface area contributed by atoms with E-state index < -0.39 is 11.6 Å². The van der Waals surface area contributed by atoms with Gasteiger partial charge in [0.05, 0.1) is 5.52 Å². The first-order valence-corrected chi connectivity index (χ1v) is 5.82. The summed E-state index contributed by atoms with van der Waals surface area (Å²) >= 11 is 5.90. The number of fused-ring (bicyclic) bond motifs is 1. The molecule has 96 valence electrons. The molecule has 19 heavy (non-hydrogen) atoms. The second-order valence-corrected chi connectivity index (χ2v) is 4.55. The van der Waals surface area contributed by atoms with E-state index in [9.17, 15) is 8.78 Å². The van der Waals surface area contributed by atoms with E-state index >= 15 is 0 Å². The molecule has 0 bridgehead atoms. The van der Waals surface area contributed by atoms with E-state index in [1.165, 1.54) is 6.07 Å². The average Bonchev–Trinajstić information content (AvgIpc) is 2.77. The number of aromatic amines is 1. The molecule has 0 atom stereocenters. The quantitative estimate of drug-likeness (QED) is 0.667. The second kappa shape index (κ2) is 4.20. The minimum atomic E-state index is -0.977. The van der Waals surface area contributed by atoms with Crippen LogP contribution in [-0.2, 0) is 0 Å². The van der Waals surface area contributed by atoms with E-state index in [1.54, 1.807) is 18.2 Å². The van der Waals surface area contributed by atoms with Gasteiger partial charge >= 0.3 is 0 Å². The summed E-state index contributed by atoms with van der Waals surface area (Å²) in [7, 11) is 0. The maximum absolute atomic E-state index is 13.6. The molecular weight excluding hydrogens is 272 g/mol. The molecule has 0 saturated heterocycles. The van der Waals surface area contributed by atoms with Crippen molar-refractivity contribution in [1.29, 1.82) is 0 Å². The Balaban J connectivity index is 2.23. The van der Waals surface area contributed by atoms with E-state index in [0.29, 0.717) is 27.6 Å². The first-order chi connectivity index (χ1) is 9.04. The van der Waals surface area contributed by atoms with Crippen LogP contribution in [0.1, 0.15) is 0 Å². The predicted octanol–water partition coefficient (Wildman–Crippen LogP) is 3.74. The number of imidazole rings is 1. The maximum atomic E-state index is 13.6. The first-order valence-electron chi connectivity index (χ1n) is 5.45. The Labute approximate surface area is 112 Å². The molecule has 0 fully saturated rings. The number of nitrogen functional groups attached to an aromatic ring is 1. The third-order valence-corrected chi connectivity index (χ3v) is 2.96. The SMILES string of the molecule is Nc1cc(Cl)cc(-c2nc3c(F)c(F)ccc3[nH]2)c1. The molecular formula is C13H8ClF2N3. The van der Waals surface area contributed by atoms with Gasteiger partial charge < -0.3 is 10.7 Å². The zero-order valence-corrected chi connectivity index (χ0v) is 10.3. The summed E-state index contributed by atoms with van der Waals surface area (Å²) in [6, 6.07) is 7.36. The van der Waals surface area contributed by atoms with Gasteiger partial charge in [0.15, 0.2) is 11.6 Å². The van der Waals surface area contributed by atoms with Crippen molar-refractivity contribution >= 4 is 28.3 Å². The molecule has 1 aromatic heterocycles. The van der Waals surface area contributed by atoms with Crippen LogP contribution in [-0.4, -0.2) is 9.97 Å². The fourth-order valence-electron chi connectivity index (χ4n) is 1.90. The summed E-state index contributed by atoms with van der Waals surface area (Å²) in [5.74, 6) is -1.53. The summed E-state index contributed by atoms with van der Waals surface area (Å²) in [5.41, 5.74) is 7.13. The summed E-state index contributed by atoms with van der Waals surface area (Å²) in [6.07, 6.45) is 0. The summed E-state index contributed by atoms with van der Waals surface area (Å²) < 4.78 is 26.7. The zero-order valence-electron chi connectivity index (χ0n) is 9.55. The van der Waals surface area contributed by atoms with Gasteiger partial charge in [-0.05, 0) is 30.3 Å². The predicted molar refractivity (Wildman–Crippen MR) is 70.9 cm³/mol. The van der Waals surface area contributed by atoms with Gasteiger partial charge in [-0.25, -0.2) is 13.8 Å². The van der Waals surface area contributed by atoms with Crippen LogP contribution in [0.25, 0.3) is 22.4 Å². The highest BCUT2D eigenvalue weighted by molar-refractivity contribution is 6.31. The van der Waals surface area contributed by atoms with Crippen LogP contribution in [0.2, 0.25) is 5.02 Å². The average molecular weight is 280 g/mol. The van der Waals surface area contributed by atoms with E-state index in [0.717, 1.165) is 6.07 Å². The molecule has 2 aromatic carbocycles. The molecule has 0 radical (unpaired) electrons. The Hall–Kier alpha value is -2.14. The van der Waals surface area contributed by atoms with E-state index in [4.69, 9.17) is 17.3 Å². The van der Waals surface area contributed by atoms with Crippen LogP contribution in [0.5, 0.6) is 0 Å². The van der Waals surface area contributed by atoms with Crippen molar-refractivity contribution in [1.82, 2.24) is 9.97 Å². The number of nitrogens with one attached hydrogen (secondary N) is 1. The van der Waals surface area contributed by atoms with Gasteiger partial charge in [-0.15, -0.1) is 0 Å². The molecule has 3 N–H and O–H groups in total. The third-order valence-electron chi connectivity index (χ3n) is 2.74. The normalized spacial score (nSPS) is 11.1. The number of halogens is 3. The molecule has 0 aliphatic heterocycles. The Bertz CT molecular complexity index is 763. The number of nitrogens with zero attached hydrogens (tertiary/aromatic N) is 1. The number of benzene rings is 2. The number of hydrogen-bond donors (Lipinski definition) is 2. The molecule has 0 amide bonds. The molecule has 3 aromatic rings. The van der Waals surface area contributed by atoms with Crippen molar-refractivity contribution in [2.75, 3.05) is 5.73 Å². The highest BCUT2D eigenvalue weighted by Gasteiger charge is 2.13. The Morgan fingerprint density at radius 3 is 2.68 bits per heavy atom. The number of nitrogens with two attached hydrogens (primary N) is 1. The monoisotopic (exact) mass is 279 g/mol. The van der Waals surface area contributed by atoms with Crippen molar-refractivity contribution < 1.29 is 8.78 Å². The molecule has 0 aliphatic carbocycles. The summed E-state index contributed by atoms with van der Waals surface area (Å²) in [6.45, 7) is 0.